The summed E-state index contributed by atoms with van der Waals surface area (Å²) in [5.74, 6) is -3.21. The van der Waals surface area contributed by atoms with Crippen LogP contribution in [-0.4, -0.2) is 88.2 Å². The van der Waals surface area contributed by atoms with E-state index in [2.05, 4.69) is 15.2 Å². The second-order valence-electron chi connectivity index (χ2n) is 12.3. The van der Waals surface area contributed by atoms with Crippen molar-refractivity contribution in [3.8, 4) is 0 Å². The van der Waals surface area contributed by atoms with Gasteiger partial charge >= 0.3 is 11.9 Å². The molecule has 1 fully saturated rings. The van der Waals surface area contributed by atoms with Gasteiger partial charge in [0.25, 0.3) is 0 Å². The van der Waals surface area contributed by atoms with Gasteiger partial charge in [-0.1, -0.05) is 53.9 Å². The quantitative estimate of drug-likeness (QED) is 0.173. The molecule has 1 aliphatic rings. The van der Waals surface area contributed by atoms with E-state index in [9.17, 15) is 29.1 Å². The van der Waals surface area contributed by atoms with Gasteiger partial charge in [0.2, 0.25) is 11.8 Å². The lowest BCUT2D eigenvalue weighted by atomic mass is 9.82. The summed E-state index contributed by atoms with van der Waals surface area (Å²) in [5, 5.41) is 14.0. The van der Waals surface area contributed by atoms with E-state index in [1.807, 2.05) is 41.7 Å². The molecule has 0 radical (unpaired) electrons. The number of esters is 1. The smallest absolute Gasteiger partial charge is 0.355 e. The number of thiazole rings is 1. The fourth-order valence-corrected chi connectivity index (χ4v) is 6.58. The minimum Gasteiger partial charge on any atom is -0.476 e. The van der Waals surface area contributed by atoms with Gasteiger partial charge in [0.05, 0.1) is 12.6 Å². The zero-order valence-electron chi connectivity index (χ0n) is 27.5. The van der Waals surface area contributed by atoms with Crippen LogP contribution in [0.25, 0.3) is 0 Å². The fourth-order valence-electron chi connectivity index (χ4n) is 5.75. The van der Waals surface area contributed by atoms with E-state index in [-0.39, 0.29) is 60.6 Å². The topological polar surface area (TPSA) is 146 Å². The standard InChI is InChI=1S/C32H52N4O7S/c1-8-10-14-33-29(39)18-36(31(40)23(21(5)9-2)16-27(38)25-13-11-12-15-35(25)7)26(20(3)4)17-28(43-22(6)37)30-34-24(19-44-30)32(41)42/h19-21,23,25-26,28H,8-18H2,1-7H3,(H,33,39)(H,41,42)/t21-,23-,25+,26+,28+/m0/s1. The molecule has 44 heavy (non-hydrogen) atoms. The predicted molar refractivity (Wildman–Crippen MR) is 169 cm³/mol. The van der Waals surface area contributed by atoms with E-state index < -0.39 is 30.0 Å². The summed E-state index contributed by atoms with van der Waals surface area (Å²) in [6.07, 6.45) is 4.45. The first-order chi connectivity index (χ1) is 20.8. The molecule has 1 aromatic heterocycles. The lowest BCUT2D eigenvalue weighted by molar-refractivity contribution is -0.151. The van der Waals surface area contributed by atoms with E-state index in [4.69, 9.17) is 4.74 Å². The van der Waals surface area contributed by atoms with Crippen LogP contribution < -0.4 is 5.32 Å². The summed E-state index contributed by atoms with van der Waals surface area (Å²) in [6, 6.07) is -0.795. The Balaban J connectivity index is 2.49. The average Bonchev–Trinajstić information content (AvgIpc) is 3.47. The number of rotatable bonds is 18. The third-order valence-corrected chi connectivity index (χ3v) is 9.55. The number of aromatic nitrogens is 1. The predicted octanol–water partition coefficient (Wildman–Crippen LogP) is 4.71. The Bertz CT molecular complexity index is 1120. The molecule has 0 aromatic carbocycles. The molecule has 1 aromatic rings. The molecule has 2 N–H and O–H groups in total. The number of amides is 2. The number of carboxylic acids is 1. The van der Waals surface area contributed by atoms with Crippen molar-refractivity contribution in [1.29, 1.82) is 0 Å². The summed E-state index contributed by atoms with van der Waals surface area (Å²) in [5.41, 5.74) is -0.158. The first-order valence-corrected chi connectivity index (χ1v) is 16.8. The highest BCUT2D eigenvalue weighted by Gasteiger charge is 2.39. The van der Waals surface area contributed by atoms with Gasteiger partial charge in [-0.05, 0) is 44.7 Å². The summed E-state index contributed by atoms with van der Waals surface area (Å²) in [6.45, 7) is 12.2. The maximum absolute atomic E-state index is 14.6. The number of likely N-dealkylation sites (tertiary alicyclic amines) is 1. The number of carbonyl (C=O) groups is 5. The zero-order chi connectivity index (χ0) is 33.0. The van der Waals surface area contributed by atoms with E-state index in [0.717, 1.165) is 50.0 Å². The van der Waals surface area contributed by atoms with E-state index in [0.29, 0.717) is 18.0 Å². The second kappa shape index (κ2) is 18.2. The molecule has 1 aliphatic heterocycles. The van der Waals surface area contributed by atoms with Crippen LogP contribution in [0.1, 0.15) is 115 Å². The second-order valence-corrected chi connectivity index (χ2v) is 13.2. The monoisotopic (exact) mass is 636 g/mol. The number of ketones is 1. The normalized spacial score (nSPS) is 18.2. The van der Waals surface area contributed by atoms with Crippen LogP contribution in [0.5, 0.6) is 0 Å². The maximum Gasteiger partial charge on any atom is 0.355 e. The van der Waals surface area contributed by atoms with Crippen molar-refractivity contribution in [1.82, 2.24) is 20.1 Å². The van der Waals surface area contributed by atoms with Gasteiger partial charge in [0.15, 0.2) is 17.6 Å². The van der Waals surface area contributed by atoms with Crippen molar-refractivity contribution in [2.75, 3.05) is 26.7 Å². The Morgan fingerprint density at radius 2 is 1.89 bits per heavy atom. The zero-order valence-corrected chi connectivity index (χ0v) is 28.3. The van der Waals surface area contributed by atoms with Crippen molar-refractivity contribution in [2.24, 2.45) is 17.8 Å². The fraction of sp³-hybridized carbons (Fsp3) is 0.750. The van der Waals surface area contributed by atoms with E-state index >= 15 is 0 Å². The molecule has 0 unspecified atom stereocenters. The Morgan fingerprint density at radius 3 is 2.43 bits per heavy atom. The molecule has 12 heteroatoms. The lowest BCUT2D eigenvalue weighted by Crippen LogP contribution is -2.53. The Labute approximate surface area is 266 Å². The molecule has 0 aliphatic carbocycles. The summed E-state index contributed by atoms with van der Waals surface area (Å²) in [7, 11) is 1.95. The van der Waals surface area contributed by atoms with Crippen LogP contribution in [-0.2, 0) is 23.9 Å². The number of carbonyl (C=O) groups excluding carboxylic acids is 4. The van der Waals surface area contributed by atoms with Gasteiger partial charge in [0, 0.05) is 43.6 Å². The molecular formula is C32H52N4O7S. The Morgan fingerprint density at radius 1 is 1.18 bits per heavy atom. The number of hydrogen-bond donors (Lipinski definition) is 2. The average molecular weight is 637 g/mol. The first-order valence-electron chi connectivity index (χ1n) is 16.0. The molecule has 0 saturated carbocycles. The number of unbranched alkanes of at least 4 members (excludes halogenated alkanes) is 1. The van der Waals surface area contributed by atoms with Gasteiger partial charge in [-0.25, -0.2) is 9.78 Å². The molecule has 0 spiro atoms. The number of aromatic carboxylic acids is 1. The third-order valence-electron chi connectivity index (χ3n) is 8.61. The summed E-state index contributed by atoms with van der Waals surface area (Å²) in [4.78, 5) is 72.8. The highest BCUT2D eigenvalue weighted by Crippen LogP contribution is 2.33. The highest BCUT2D eigenvalue weighted by molar-refractivity contribution is 7.09. The molecule has 5 atom stereocenters. The van der Waals surface area contributed by atoms with Gasteiger partial charge < -0.3 is 20.1 Å². The van der Waals surface area contributed by atoms with Crippen LogP contribution in [0, 0.1) is 17.8 Å². The Kier molecular flexibility index (Phi) is 15.4. The number of piperidine rings is 1. The van der Waals surface area contributed by atoms with E-state index in [1.54, 1.807) is 4.90 Å². The minimum absolute atomic E-state index is 0.0427. The SMILES string of the molecule is CCCCNC(=O)CN(C(=O)[C@@H](CC(=O)[C@H]1CCCCN1C)[C@@H](C)CC)[C@H](C[C@@H](OC(C)=O)c1nc(C(=O)O)cs1)C(C)C. The number of nitrogens with one attached hydrogen (secondary N) is 1. The van der Waals surface area contributed by atoms with Gasteiger partial charge in [0.1, 0.15) is 5.01 Å². The number of carboxylic acid groups (broad SMARTS) is 1. The number of ether oxygens (including phenoxy) is 1. The van der Waals surface area contributed by atoms with Crippen molar-refractivity contribution < 1.29 is 33.8 Å². The number of nitrogens with zero attached hydrogens (tertiary/aromatic N) is 3. The summed E-state index contributed by atoms with van der Waals surface area (Å²) >= 11 is 1.07. The van der Waals surface area contributed by atoms with Crippen LogP contribution >= 0.6 is 11.3 Å². The first kappa shape index (κ1) is 37.3. The van der Waals surface area contributed by atoms with Gasteiger partial charge in [-0.15, -0.1) is 11.3 Å². The van der Waals surface area contributed by atoms with Crippen LogP contribution in [0.4, 0.5) is 0 Å². The van der Waals surface area contributed by atoms with Crippen LogP contribution in [0.3, 0.4) is 0 Å². The molecule has 2 amide bonds. The minimum atomic E-state index is -1.19. The van der Waals surface area contributed by atoms with Gasteiger partial charge in [-0.2, -0.15) is 0 Å². The van der Waals surface area contributed by atoms with Gasteiger partial charge in [-0.3, -0.25) is 24.1 Å². The van der Waals surface area contributed by atoms with Crippen molar-refractivity contribution in [3.05, 3.63) is 16.1 Å². The molecule has 11 nitrogen and oxygen atoms in total. The number of likely N-dealkylation sites (N-methyl/N-ethyl adjacent to an activating group) is 1. The van der Waals surface area contributed by atoms with E-state index in [1.165, 1.54) is 12.3 Å². The molecule has 2 rings (SSSR count). The molecule has 2 heterocycles. The van der Waals surface area contributed by atoms with Crippen molar-refractivity contribution in [3.63, 3.8) is 0 Å². The summed E-state index contributed by atoms with van der Waals surface area (Å²) < 4.78 is 5.63. The molecule has 0 bridgehead atoms. The highest BCUT2D eigenvalue weighted by atomic mass is 32.1. The van der Waals surface area contributed by atoms with Crippen molar-refractivity contribution in [2.45, 2.75) is 111 Å². The van der Waals surface area contributed by atoms with Crippen molar-refractivity contribution >= 4 is 40.9 Å². The molecule has 248 valence electrons. The third kappa shape index (κ3) is 10.9. The largest absolute Gasteiger partial charge is 0.476 e. The number of Topliss-reactive ketones (excluding diaryl/α,β-unsaturated/α-hetero) is 1. The Hall–Kier alpha value is -2.86. The number of hydrogen-bond acceptors (Lipinski definition) is 9. The van der Waals surface area contributed by atoms with Crippen LogP contribution in [0.2, 0.25) is 0 Å². The molecular weight excluding hydrogens is 584 g/mol. The maximum atomic E-state index is 14.6. The molecule has 1 saturated heterocycles. The lowest BCUT2D eigenvalue weighted by Gasteiger charge is -2.39. The van der Waals surface area contributed by atoms with Crippen LogP contribution in [0.15, 0.2) is 5.38 Å².